The van der Waals surface area contributed by atoms with Crippen molar-refractivity contribution in [3.63, 3.8) is 0 Å². The van der Waals surface area contributed by atoms with E-state index in [4.69, 9.17) is 9.72 Å². The number of benzene rings is 1. The molecule has 0 unspecified atom stereocenters. The van der Waals surface area contributed by atoms with Crippen LogP contribution in [0.1, 0.15) is 34.3 Å². The first-order valence-corrected chi connectivity index (χ1v) is 11.3. The molecular weight excluding hydrogens is 464 g/mol. The van der Waals surface area contributed by atoms with Gasteiger partial charge in [-0.25, -0.2) is 4.98 Å². The quantitative estimate of drug-likeness (QED) is 0.246. The molecule has 1 saturated heterocycles. The van der Waals surface area contributed by atoms with Crippen molar-refractivity contribution < 1.29 is 14.5 Å². The smallest absolute Gasteiger partial charge is 0.279 e. The number of amides is 1. The summed E-state index contributed by atoms with van der Waals surface area (Å²) < 4.78 is 8.78. The number of carbonyl (C=O) groups excluding carboxylic acids is 1. The lowest BCUT2D eigenvalue weighted by Gasteiger charge is -2.17. The fraction of sp³-hybridized carbons (Fsp3) is 0.240. The monoisotopic (exact) mass is 484 g/mol. The molecule has 11 nitrogen and oxygen atoms in total. The normalized spacial score (nSPS) is 15.9. The zero-order valence-corrected chi connectivity index (χ0v) is 19.2. The molecule has 1 fully saturated rings. The van der Waals surface area contributed by atoms with Crippen LogP contribution in [0.2, 0.25) is 0 Å². The first-order chi connectivity index (χ1) is 17.4. The highest BCUT2D eigenvalue weighted by Crippen LogP contribution is 2.18. The van der Waals surface area contributed by atoms with E-state index in [0.717, 1.165) is 24.5 Å². The number of nitro benzene ring substituents is 1. The van der Waals surface area contributed by atoms with Crippen LogP contribution in [-0.4, -0.2) is 37.5 Å². The lowest BCUT2D eigenvalue weighted by atomic mass is 10.1. The molecule has 1 aliphatic heterocycles. The predicted octanol–water partition coefficient (Wildman–Crippen LogP) is 2.66. The second-order valence-corrected chi connectivity index (χ2v) is 8.50. The number of fused-ring (bicyclic) bond motifs is 2. The zero-order chi connectivity index (χ0) is 25.4. The van der Waals surface area contributed by atoms with Gasteiger partial charge in [0.2, 0.25) is 0 Å². The van der Waals surface area contributed by atoms with Gasteiger partial charge in [-0.2, -0.15) is 10.3 Å². The van der Waals surface area contributed by atoms with Crippen molar-refractivity contribution in [2.45, 2.75) is 32.4 Å². The number of nitriles is 1. The summed E-state index contributed by atoms with van der Waals surface area (Å²) in [6.07, 6.45) is 3.01. The Morgan fingerprint density at radius 2 is 2.14 bits per heavy atom. The molecule has 180 valence electrons. The molecule has 1 aromatic carbocycles. The van der Waals surface area contributed by atoms with Gasteiger partial charge in [0.25, 0.3) is 17.2 Å². The minimum absolute atomic E-state index is 0.000706. The summed E-state index contributed by atoms with van der Waals surface area (Å²) in [4.78, 5) is 45.9. The molecule has 0 aliphatic carbocycles. The van der Waals surface area contributed by atoms with Crippen molar-refractivity contribution in [3.05, 3.63) is 91.3 Å². The lowest BCUT2D eigenvalue weighted by molar-refractivity contribution is -0.384. The second-order valence-electron chi connectivity index (χ2n) is 8.50. The average molecular weight is 484 g/mol. The van der Waals surface area contributed by atoms with Crippen molar-refractivity contribution in [3.8, 4) is 6.07 Å². The molecular formula is C25H20N6O5. The van der Waals surface area contributed by atoms with E-state index in [1.54, 1.807) is 16.8 Å². The minimum atomic E-state index is -0.760. The van der Waals surface area contributed by atoms with Crippen molar-refractivity contribution in [1.82, 2.24) is 14.0 Å². The number of carbonyl (C=O) groups is 1. The van der Waals surface area contributed by atoms with E-state index in [-0.39, 0.29) is 51.5 Å². The molecule has 1 atom stereocenters. The topological polar surface area (TPSA) is 145 Å². The molecule has 4 aromatic rings. The largest absolute Gasteiger partial charge is 0.376 e. The summed E-state index contributed by atoms with van der Waals surface area (Å²) in [6, 6.07) is 12.2. The van der Waals surface area contributed by atoms with Gasteiger partial charge in [-0.3, -0.25) is 24.1 Å². The Kier molecular flexibility index (Phi) is 5.87. The van der Waals surface area contributed by atoms with E-state index in [0.29, 0.717) is 12.3 Å². The maximum absolute atomic E-state index is 13.4. The molecule has 5 rings (SSSR count). The summed E-state index contributed by atoms with van der Waals surface area (Å²) in [6.45, 7) is 2.64. The molecule has 36 heavy (non-hydrogen) atoms. The summed E-state index contributed by atoms with van der Waals surface area (Å²) in [5.74, 6) is -0.760. The van der Waals surface area contributed by atoms with Crippen LogP contribution in [0.25, 0.3) is 16.7 Å². The van der Waals surface area contributed by atoms with Crippen LogP contribution in [-0.2, 0) is 11.3 Å². The third-order valence-corrected chi connectivity index (χ3v) is 6.15. The first kappa shape index (κ1) is 23.1. The van der Waals surface area contributed by atoms with Gasteiger partial charge >= 0.3 is 0 Å². The number of rotatable bonds is 4. The van der Waals surface area contributed by atoms with Crippen molar-refractivity contribution in [2.75, 3.05) is 6.61 Å². The van der Waals surface area contributed by atoms with Gasteiger partial charge in [-0.05, 0) is 43.5 Å². The molecule has 4 heterocycles. The number of nitro groups is 1. The maximum Gasteiger partial charge on any atom is 0.279 e. The van der Waals surface area contributed by atoms with E-state index in [1.807, 2.05) is 19.1 Å². The molecule has 0 bridgehead atoms. The van der Waals surface area contributed by atoms with Crippen LogP contribution < -0.4 is 11.0 Å². The van der Waals surface area contributed by atoms with Gasteiger partial charge in [0.05, 0.1) is 28.5 Å². The fourth-order valence-electron chi connectivity index (χ4n) is 4.37. The van der Waals surface area contributed by atoms with E-state index in [9.17, 15) is 25.0 Å². The Balaban J connectivity index is 1.82. The van der Waals surface area contributed by atoms with E-state index < -0.39 is 10.8 Å². The van der Waals surface area contributed by atoms with Crippen LogP contribution in [0.15, 0.2) is 58.4 Å². The van der Waals surface area contributed by atoms with Crippen LogP contribution in [0, 0.1) is 28.4 Å². The van der Waals surface area contributed by atoms with Crippen molar-refractivity contribution in [2.24, 2.45) is 4.99 Å². The average Bonchev–Trinajstić information content (AvgIpc) is 3.39. The Hall–Kier alpha value is -4.69. The van der Waals surface area contributed by atoms with Gasteiger partial charge < -0.3 is 9.30 Å². The number of pyridine rings is 2. The highest BCUT2D eigenvalue weighted by atomic mass is 16.6. The number of hydrogen-bond acceptors (Lipinski definition) is 7. The Morgan fingerprint density at radius 3 is 2.86 bits per heavy atom. The molecule has 0 spiro atoms. The number of aryl methyl sites for hydroxylation is 1. The highest BCUT2D eigenvalue weighted by Gasteiger charge is 2.22. The molecule has 1 amide bonds. The van der Waals surface area contributed by atoms with E-state index in [2.05, 4.69) is 4.99 Å². The Labute approximate surface area is 203 Å². The zero-order valence-electron chi connectivity index (χ0n) is 19.2. The van der Waals surface area contributed by atoms with Gasteiger partial charge in [0, 0.05) is 30.5 Å². The van der Waals surface area contributed by atoms with Crippen LogP contribution in [0.5, 0.6) is 0 Å². The van der Waals surface area contributed by atoms with Gasteiger partial charge in [-0.1, -0.05) is 12.1 Å². The number of non-ortho nitro benzene ring substituents is 1. The molecule has 1 aliphatic rings. The maximum atomic E-state index is 13.4. The summed E-state index contributed by atoms with van der Waals surface area (Å²) in [5, 5.41) is 21.3. The van der Waals surface area contributed by atoms with Crippen molar-refractivity contribution >= 4 is 28.3 Å². The SMILES string of the molecule is Cc1cccn2c(=O)c3cc(C#N)c(=NC(=O)c4cccc([N+](=O)[O-])c4)n(C[C@@H]4CCCO4)c3nc12. The fourth-order valence-corrected chi connectivity index (χ4v) is 4.37. The Bertz CT molecular complexity index is 1720. The molecule has 11 heteroatoms. The second kappa shape index (κ2) is 9.16. The van der Waals surface area contributed by atoms with Crippen LogP contribution in [0.3, 0.4) is 0 Å². The molecule has 0 radical (unpaired) electrons. The van der Waals surface area contributed by atoms with Gasteiger partial charge in [0.1, 0.15) is 17.4 Å². The highest BCUT2D eigenvalue weighted by molar-refractivity contribution is 5.95. The van der Waals surface area contributed by atoms with E-state index >= 15 is 0 Å². The first-order valence-electron chi connectivity index (χ1n) is 11.3. The van der Waals surface area contributed by atoms with Crippen LogP contribution >= 0.6 is 0 Å². The number of nitrogens with zero attached hydrogens (tertiary/aromatic N) is 6. The predicted molar refractivity (Wildman–Crippen MR) is 128 cm³/mol. The lowest BCUT2D eigenvalue weighted by Crippen LogP contribution is -2.33. The third kappa shape index (κ3) is 4.03. The standard InChI is InChI=1S/C25H20N6O5/c1-15-5-3-9-29-21(15)27-23-20(25(29)33)12-17(13-26)22(30(23)14-19-8-4-10-36-19)28-24(32)16-6-2-7-18(11-16)31(34)35/h2-3,5-7,9,11-12,19H,4,8,10,14H2,1H3/t19-/m0/s1. The number of aromatic nitrogens is 3. The molecule has 0 saturated carbocycles. The summed E-state index contributed by atoms with van der Waals surface area (Å²) >= 11 is 0. The van der Waals surface area contributed by atoms with E-state index in [1.165, 1.54) is 28.7 Å². The number of ether oxygens (including phenoxy) is 1. The number of hydrogen-bond donors (Lipinski definition) is 0. The van der Waals surface area contributed by atoms with Crippen molar-refractivity contribution in [1.29, 1.82) is 5.26 Å². The molecule has 0 N–H and O–H groups in total. The molecule has 3 aromatic heterocycles. The minimum Gasteiger partial charge on any atom is -0.376 e. The third-order valence-electron chi connectivity index (χ3n) is 6.15. The summed E-state index contributed by atoms with van der Waals surface area (Å²) in [5.41, 5.74) is 0.903. The Morgan fingerprint density at radius 1 is 1.31 bits per heavy atom. The van der Waals surface area contributed by atoms with Gasteiger partial charge in [-0.15, -0.1) is 0 Å². The van der Waals surface area contributed by atoms with Gasteiger partial charge in [0.15, 0.2) is 5.49 Å². The summed E-state index contributed by atoms with van der Waals surface area (Å²) in [7, 11) is 0. The van der Waals surface area contributed by atoms with Crippen LogP contribution in [0.4, 0.5) is 5.69 Å².